The first-order chi connectivity index (χ1) is 8.20. The van der Waals surface area contributed by atoms with Crippen LogP contribution < -0.4 is 10.6 Å². The van der Waals surface area contributed by atoms with E-state index in [9.17, 15) is 0 Å². The van der Waals surface area contributed by atoms with Crippen molar-refractivity contribution in [3.05, 3.63) is 28.7 Å². The predicted octanol–water partition coefficient (Wildman–Crippen LogP) is 1.92. The number of benzene rings is 1. The molecule has 0 spiro atoms. The van der Waals surface area contributed by atoms with Gasteiger partial charge in [-0.1, -0.05) is 15.9 Å². The van der Waals surface area contributed by atoms with Gasteiger partial charge in [0, 0.05) is 42.4 Å². The van der Waals surface area contributed by atoms with E-state index in [0.717, 1.165) is 30.7 Å². The quantitative estimate of drug-likeness (QED) is 0.922. The molecule has 1 heterocycles. The zero-order valence-corrected chi connectivity index (χ0v) is 11.9. The smallest absolute Gasteiger partial charge is 0.0367 e. The lowest BCUT2D eigenvalue weighted by atomic mass is 10.2. The molecule has 2 N–H and O–H groups in total. The van der Waals surface area contributed by atoms with Crippen molar-refractivity contribution in [2.45, 2.75) is 12.5 Å². The molecule has 4 heteroatoms. The minimum atomic E-state index is 0.641. The van der Waals surface area contributed by atoms with E-state index in [1.165, 1.54) is 12.1 Å². The Morgan fingerprint density at radius 2 is 2.12 bits per heavy atom. The Bertz CT molecular complexity index is 352. The van der Waals surface area contributed by atoms with Crippen LogP contribution in [-0.2, 0) is 0 Å². The molecule has 0 saturated carbocycles. The van der Waals surface area contributed by atoms with Gasteiger partial charge in [0.25, 0.3) is 0 Å². The fraction of sp³-hybridized carbons (Fsp3) is 0.538. The summed E-state index contributed by atoms with van der Waals surface area (Å²) in [7, 11) is 2.17. The third-order valence-corrected chi connectivity index (χ3v) is 3.99. The van der Waals surface area contributed by atoms with Gasteiger partial charge in [0.15, 0.2) is 0 Å². The second-order valence-electron chi connectivity index (χ2n) is 4.63. The minimum Gasteiger partial charge on any atom is -0.370 e. The summed E-state index contributed by atoms with van der Waals surface area (Å²) in [6.45, 7) is 3.98. The summed E-state index contributed by atoms with van der Waals surface area (Å²) in [6.07, 6.45) is 1.23. The summed E-state index contributed by atoms with van der Waals surface area (Å²) in [5.74, 6) is 0. The first-order valence-electron chi connectivity index (χ1n) is 6.11. The van der Waals surface area contributed by atoms with Crippen LogP contribution in [0.5, 0.6) is 0 Å². The van der Waals surface area contributed by atoms with E-state index in [4.69, 9.17) is 5.73 Å². The number of hydrogen-bond donors (Lipinski definition) is 1. The fourth-order valence-corrected chi connectivity index (χ4v) is 2.64. The van der Waals surface area contributed by atoms with Crippen molar-refractivity contribution in [1.82, 2.24) is 4.90 Å². The van der Waals surface area contributed by atoms with E-state index in [1.54, 1.807) is 0 Å². The molecule has 94 valence electrons. The number of nitrogens with zero attached hydrogens (tertiary/aromatic N) is 2. The van der Waals surface area contributed by atoms with Gasteiger partial charge in [0.2, 0.25) is 0 Å². The highest BCUT2D eigenvalue weighted by molar-refractivity contribution is 9.10. The third-order valence-electron chi connectivity index (χ3n) is 3.46. The van der Waals surface area contributed by atoms with Crippen LogP contribution in [0.1, 0.15) is 6.42 Å². The Hall–Kier alpha value is -0.580. The van der Waals surface area contributed by atoms with Gasteiger partial charge in [-0.05, 0) is 37.7 Å². The van der Waals surface area contributed by atoms with Crippen LogP contribution in [0.4, 0.5) is 5.69 Å². The lowest BCUT2D eigenvalue weighted by molar-refractivity contribution is 0.266. The number of anilines is 1. The first-order valence-corrected chi connectivity index (χ1v) is 6.91. The van der Waals surface area contributed by atoms with E-state index >= 15 is 0 Å². The molecule has 1 unspecified atom stereocenters. The van der Waals surface area contributed by atoms with Gasteiger partial charge >= 0.3 is 0 Å². The van der Waals surface area contributed by atoms with Crippen molar-refractivity contribution in [1.29, 1.82) is 0 Å². The molecule has 17 heavy (non-hydrogen) atoms. The Morgan fingerprint density at radius 3 is 2.76 bits per heavy atom. The molecule has 0 aromatic heterocycles. The van der Waals surface area contributed by atoms with Crippen molar-refractivity contribution in [3.8, 4) is 0 Å². The molecule has 1 atom stereocenters. The molecular formula is C13H20BrN3. The number of halogens is 1. The van der Waals surface area contributed by atoms with Crippen LogP contribution >= 0.6 is 15.9 Å². The lowest BCUT2D eigenvalue weighted by Crippen LogP contribution is -2.37. The molecule has 1 fully saturated rings. The molecule has 0 radical (unpaired) electrons. The van der Waals surface area contributed by atoms with Gasteiger partial charge in [-0.15, -0.1) is 0 Å². The SMILES string of the molecule is CN(CCN)C1CCN(c2ccc(Br)cc2)C1. The maximum atomic E-state index is 5.60. The third kappa shape index (κ3) is 3.21. The van der Waals surface area contributed by atoms with E-state index in [1.807, 2.05) is 0 Å². The highest BCUT2D eigenvalue weighted by atomic mass is 79.9. The van der Waals surface area contributed by atoms with Gasteiger partial charge in [-0.25, -0.2) is 0 Å². The van der Waals surface area contributed by atoms with Crippen LogP contribution in [0.2, 0.25) is 0 Å². The maximum absolute atomic E-state index is 5.60. The second-order valence-corrected chi connectivity index (χ2v) is 5.55. The molecule has 1 aromatic carbocycles. The van der Waals surface area contributed by atoms with Crippen molar-refractivity contribution >= 4 is 21.6 Å². The molecular weight excluding hydrogens is 278 g/mol. The van der Waals surface area contributed by atoms with Gasteiger partial charge < -0.3 is 15.5 Å². The highest BCUT2D eigenvalue weighted by Crippen LogP contribution is 2.24. The van der Waals surface area contributed by atoms with Crippen LogP contribution in [0.3, 0.4) is 0 Å². The van der Waals surface area contributed by atoms with E-state index < -0.39 is 0 Å². The summed E-state index contributed by atoms with van der Waals surface area (Å²) in [6, 6.07) is 9.20. The van der Waals surface area contributed by atoms with Crippen molar-refractivity contribution in [2.75, 3.05) is 38.1 Å². The molecule has 1 aliphatic heterocycles. The van der Waals surface area contributed by atoms with E-state index in [0.29, 0.717) is 6.04 Å². The second kappa shape index (κ2) is 5.85. The van der Waals surface area contributed by atoms with E-state index in [2.05, 4.69) is 57.0 Å². The summed E-state index contributed by atoms with van der Waals surface area (Å²) in [4.78, 5) is 4.82. The van der Waals surface area contributed by atoms with Gasteiger partial charge in [-0.3, -0.25) is 0 Å². The highest BCUT2D eigenvalue weighted by Gasteiger charge is 2.25. The fourth-order valence-electron chi connectivity index (χ4n) is 2.37. The Labute approximate surface area is 112 Å². The number of nitrogens with two attached hydrogens (primary N) is 1. The number of rotatable bonds is 4. The molecule has 2 rings (SSSR count). The Morgan fingerprint density at radius 1 is 1.41 bits per heavy atom. The summed E-state index contributed by atoms with van der Waals surface area (Å²) < 4.78 is 1.14. The number of likely N-dealkylation sites (N-methyl/N-ethyl adjacent to an activating group) is 1. The largest absolute Gasteiger partial charge is 0.370 e. The summed E-state index contributed by atoms with van der Waals surface area (Å²) >= 11 is 3.47. The monoisotopic (exact) mass is 297 g/mol. The van der Waals surface area contributed by atoms with Gasteiger partial charge in [0.1, 0.15) is 0 Å². The van der Waals surface area contributed by atoms with Gasteiger partial charge in [-0.2, -0.15) is 0 Å². The molecule has 1 saturated heterocycles. The molecule has 3 nitrogen and oxygen atoms in total. The Kier molecular flexibility index (Phi) is 4.42. The lowest BCUT2D eigenvalue weighted by Gasteiger charge is -2.24. The predicted molar refractivity (Wildman–Crippen MR) is 76.4 cm³/mol. The zero-order valence-electron chi connectivity index (χ0n) is 10.3. The molecule has 0 amide bonds. The van der Waals surface area contributed by atoms with Crippen molar-refractivity contribution < 1.29 is 0 Å². The molecule has 0 bridgehead atoms. The topological polar surface area (TPSA) is 32.5 Å². The Balaban J connectivity index is 1.95. The van der Waals surface area contributed by atoms with Crippen LogP contribution in [0.15, 0.2) is 28.7 Å². The van der Waals surface area contributed by atoms with E-state index in [-0.39, 0.29) is 0 Å². The average molecular weight is 298 g/mol. The van der Waals surface area contributed by atoms with Crippen LogP contribution in [0.25, 0.3) is 0 Å². The van der Waals surface area contributed by atoms with Crippen LogP contribution in [0, 0.1) is 0 Å². The van der Waals surface area contributed by atoms with Gasteiger partial charge in [0.05, 0.1) is 0 Å². The van der Waals surface area contributed by atoms with Crippen LogP contribution in [-0.4, -0.2) is 44.2 Å². The average Bonchev–Trinajstić information content (AvgIpc) is 2.80. The minimum absolute atomic E-state index is 0.641. The summed E-state index contributed by atoms with van der Waals surface area (Å²) in [5, 5.41) is 0. The van der Waals surface area contributed by atoms with Crippen molar-refractivity contribution in [2.24, 2.45) is 5.73 Å². The molecule has 0 aliphatic carbocycles. The normalized spacial score (nSPS) is 20.2. The first kappa shape index (κ1) is 12.9. The summed E-state index contributed by atoms with van der Waals surface area (Å²) in [5.41, 5.74) is 6.92. The zero-order chi connectivity index (χ0) is 12.3. The number of hydrogen-bond acceptors (Lipinski definition) is 3. The molecule has 1 aromatic rings. The standard InChI is InChI=1S/C13H20BrN3/c1-16(9-7-15)13-6-8-17(10-13)12-4-2-11(14)3-5-12/h2-5,13H,6-10,15H2,1H3. The van der Waals surface area contributed by atoms with Crippen molar-refractivity contribution in [3.63, 3.8) is 0 Å². The maximum Gasteiger partial charge on any atom is 0.0367 e. The molecule has 1 aliphatic rings.